The average Bonchev–Trinajstić information content (AvgIpc) is 2.46. The van der Waals surface area contributed by atoms with Crippen LogP contribution in [0.1, 0.15) is 17.0 Å². The topological polar surface area (TPSA) is 32.6 Å². The van der Waals surface area contributed by atoms with Gasteiger partial charge in [-0.1, -0.05) is 42.5 Å². The lowest BCUT2D eigenvalue weighted by Gasteiger charge is -2.12. The van der Waals surface area contributed by atoms with E-state index in [1.165, 1.54) is 4.90 Å². The molecule has 2 rings (SSSR count). The molecule has 0 heterocycles. The summed E-state index contributed by atoms with van der Waals surface area (Å²) in [6, 6.07) is 18.4. The SMILES string of the molecule is CSc1ccc(C(/C=N/O)c2ccccc2)cc1. The van der Waals surface area contributed by atoms with Crippen molar-refractivity contribution in [3.63, 3.8) is 0 Å². The smallest absolute Gasteiger partial charge is 0.0554 e. The van der Waals surface area contributed by atoms with Gasteiger partial charge in [-0.2, -0.15) is 0 Å². The third-order valence-electron chi connectivity index (χ3n) is 2.85. The van der Waals surface area contributed by atoms with Crippen LogP contribution in [0.15, 0.2) is 64.6 Å². The Kier molecular flexibility index (Phi) is 4.42. The van der Waals surface area contributed by atoms with E-state index < -0.39 is 0 Å². The van der Waals surface area contributed by atoms with Crippen molar-refractivity contribution < 1.29 is 5.21 Å². The molecule has 0 aliphatic carbocycles. The summed E-state index contributed by atoms with van der Waals surface area (Å²) in [5.41, 5.74) is 2.24. The predicted molar refractivity (Wildman–Crippen MR) is 76.8 cm³/mol. The van der Waals surface area contributed by atoms with Crippen LogP contribution in [0.5, 0.6) is 0 Å². The van der Waals surface area contributed by atoms with Crippen LogP contribution >= 0.6 is 11.8 Å². The highest BCUT2D eigenvalue weighted by Gasteiger charge is 2.11. The van der Waals surface area contributed by atoms with E-state index in [0.29, 0.717) is 0 Å². The molecule has 0 saturated carbocycles. The molecule has 1 atom stereocenters. The summed E-state index contributed by atoms with van der Waals surface area (Å²) in [6.07, 6.45) is 3.61. The van der Waals surface area contributed by atoms with Gasteiger partial charge >= 0.3 is 0 Å². The molecular formula is C15H15NOS. The van der Waals surface area contributed by atoms with Gasteiger partial charge in [0.15, 0.2) is 0 Å². The molecule has 0 aliphatic heterocycles. The van der Waals surface area contributed by atoms with Gasteiger partial charge in [-0.25, -0.2) is 0 Å². The van der Waals surface area contributed by atoms with Crippen molar-refractivity contribution in [2.75, 3.05) is 6.26 Å². The van der Waals surface area contributed by atoms with Crippen LogP contribution in [-0.4, -0.2) is 17.7 Å². The normalized spacial score (nSPS) is 12.7. The molecule has 1 N–H and O–H groups in total. The summed E-state index contributed by atoms with van der Waals surface area (Å²) >= 11 is 1.72. The first-order valence-electron chi connectivity index (χ1n) is 5.71. The Morgan fingerprint density at radius 1 is 1.00 bits per heavy atom. The van der Waals surface area contributed by atoms with Gasteiger partial charge in [0.2, 0.25) is 0 Å². The lowest BCUT2D eigenvalue weighted by molar-refractivity contribution is 0.320. The zero-order valence-corrected chi connectivity index (χ0v) is 11.0. The quantitative estimate of drug-likeness (QED) is 0.388. The molecule has 3 heteroatoms. The number of benzene rings is 2. The lowest BCUT2D eigenvalue weighted by Crippen LogP contribution is -2.02. The highest BCUT2D eigenvalue weighted by atomic mass is 32.2. The zero-order valence-electron chi connectivity index (χ0n) is 10.2. The highest BCUT2D eigenvalue weighted by molar-refractivity contribution is 7.98. The zero-order chi connectivity index (χ0) is 12.8. The molecule has 0 aromatic heterocycles. The van der Waals surface area contributed by atoms with Crippen LogP contribution in [-0.2, 0) is 0 Å². The molecule has 0 fully saturated rings. The van der Waals surface area contributed by atoms with Gasteiger partial charge in [0.05, 0.1) is 6.21 Å². The maximum absolute atomic E-state index is 8.83. The maximum atomic E-state index is 8.83. The van der Waals surface area contributed by atoms with Crippen molar-refractivity contribution >= 4 is 18.0 Å². The van der Waals surface area contributed by atoms with Gasteiger partial charge in [0.25, 0.3) is 0 Å². The first-order valence-corrected chi connectivity index (χ1v) is 6.94. The number of rotatable bonds is 4. The minimum Gasteiger partial charge on any atom is -0.411 e. The molecule has 0 saturated heterocycles. The number of thioether (sulfide) groups is 1. The van der Waals surface area contributed by atoms with Crippen LogP contribution in [0, 0.1) is 0 Å². The number of oxime groups is 1. The Morgan fingerprint density at radius 2 is 1.61 bits per heavy atom. The summed E-state index contributed by atoms with van der Waals surface area (Å²) in [7, 11) is 0. The molecule has 18 heavy (non-hydrogen) atoms. The van der Waals surface area contributed by atoms with E-state index in [2.05, 4.69) is 35.7 Å². The third-order valence-corrected chi connectivity index (χ3v) is 3.59. The first kappa shape index (κ1) is 12.7. The number of nitrogens with zero attached hydrogens (tertiary/aromatic N) is 1. The van der Waals surface area contributed by atoms with Crippen LogP contribution in [0.3, 0.4) is 0 Å². The van der Waals surface area contributed by atoms with Crippen molar-refractivity contribution in [3.05, 3.63) is 65.7 Å². The summed E-state index contributed by atoms with van der Waals surface area (Å²) in [5, 5.41) is 12.0. The van der Waals surface area contributed by atoms with E-state index in [-0.39, 0.29) is 5.92 Å². The van der Waals surface area contributed by atoms with E-state index >= 15 is 0 Å². The van der Waals surface area contributed by atoms with Gasteiger partial charge < -0.3 is 5.21 Å². The highest BCUT2D eigenvalue weighted by Crippen LogP contribution is 2.25. The molecule has 0 amide bonds. The van der Waals surface area contributed by atoms with Gasteiger partial charge in [0, 0.05) is 10.8 Å². The Hall–Kier alpha value is -1.74. The van der Waals surface area contributed by atoms with E-state index in [1.807, 2.05) is 30.3 Å². The summed E-state index contributed by atoms with van der Waals surface area (Å²) in [4.78, 5) is 1.23. The van der Waals surface area contributed by atoms with Gasteiger partial charge in [-0.05, 0) is 29.5 Å². The molecular weight excluding hydrogens is 242 g/mol. The summed E-state index contributed by atoms with van der Waals surface area (Å²) in [5.74, 6) is -0.00731. The summed E-state index contributed by atoms with van der Waals surface area (Å²) < 4.78 is 0. The third kappa shape index (κ3) is 2.93. The lowest BCUT2D eigenvalue weighted by atomic mass is 9.92. The second-order valence-corrected chi connectivity index (χ2v) is 4.81. The van der Waals surface area contributed by atoms with Crippen molar-refractivity contribution in [2.45, 2.75) is 10.8 Å². The summed E-state index contributed by atoms with van der Waals surface area (Å²) in [6.45, 7) is 0. The molecule has 1 unspecified atom stereocenters. The number of hydrogen-bond acceptors (Lipinski definition) is 3. The molecule has 0 spiro atoms. The van der Waals surface area contributed by atoms with Crippen molar-refractivity contribution in [2.24, 2.45) is 5.16 Å². The molecule has 2 aromatic carbocycles. The van der Waals surface area contributed by atoms with Crippen molar-refractivity contribution in [1.29, 1.82) is 0 Å². The molecule has 0 radical (unpaired) electrons. The van der Waals surface area contributed by atoms with E-state index in [4.69, 9.17) is 5.21 Å². The number of hydrogen-bond donors (Lipinski definition) is 1. The molecule has 0 aliphatic rings. The second kappa shape index (κ2) is 6.26. The monoisotopic (exact) mass is 257 g/mol. The van der Waals surface area contributed by atoms with E-state index in [1.54, 1.807) is 18.0 Å². The van der Waals surface area contributed by atoms with E-state index in [9.17, 15) is 0 Å². The fraction of sp³-hybridized carbons (Fsp3) is 0.133. The fourth-order valence-electron chi connectivity index (χ4n) is 1.90. The van der Waals surface area contributed by atoms with Gasteiger partial charge in [-0.15, -0.1) is 16.9 Å². The minimum atomic E-state index is -0.00731. The Bertz CT molecular complexity index is 508. The fourth-order valence-corrected chi connectivity index (χ4v) is 2.31. The molecule has 0 bridgehead atoms. The molecule has 2 aromatic rings. The largest absolute Gasteiger partial charge is 0.411 e. The molecule has 2 nitrogen and oxygen atoms in total. The first-order chi connectivity index (χ1) is 8.85. The van der Waals surface area contributed by atoms with Crippen molar-refractivity contribution in [1.82, 2.24) is 0 Å². The van der Waals surface area contributed by atoms with Gasteiger partial charge in [-0.3, -0.25) is 0 Å². The Labute approximate surface area is 111 Å². The van der Waals surface area contributed by atoms with Gasteiger partial charge in [0.1, 0.15) is 0 Å². The second-order valence-electron chi connectivity index (χ2n) is 3.93. The average molecular weight is 257 g/mol. The van der Waals surface area contributed by atoms with Crippen LogP contribution < -0.4 is 0 Å². The van der Waals surface area contributed by atoms with E-state index in [0.717, 1.165) is 11.1 Å². The van der Waals surface area contributed by atoms with Crippen molar-refractivity contribution in [3.8, 4) is 0 Å². The van der Waals surface area contributed by atoms with Crippen LogP contribution in [0.25, 0.3) is 0 Å². The van der Waals surface area contributed by atoms with Crippen LogP contribution in [0.4, 0.5) is 0 Å². The predicted octanol–water partition coefficient (Wildman–Crippen LogP) is 4.00. The Morgan fingerprint density at radius 3 is 2.17 bits per heavy atom. The minimum absolute atomic E-state index is 0.00731. The maximum Gasteiger partial charge on any atom is 0.0554 e. The van der Waals surface area contributed by atoms with Crippen LogP contribution in [0.2, 0.25) is 0 Å². The standard InChI is InChI=1S/C15H15NOS/c1-18-14-9-7-13(8-10-14)15(11-16-17)12-5-3-2-4-6-12/h2-11,15,17H,1H3/b16-11+. The molecule has 92 valence electrons. The Balaban J connectivity index is 2.35.